The first kappa shape index (κ1) is 20.0. The Balaban J connectivity index is 0.00000225. The number of halogens is 1. The number of aromatic nitrogens is 3. The standard InChI is InChI=1S/C17H24N6S.HI/c1-18-17(19-11-16-21-20-15-5-4-10-23(15)16)22(2)12-13-6-8-14(24-3)9-7-13;/h6-9H,4-5,10-12H2,1-3H3,(H,18,19);1H. The quantitative estimate of drug-likeness (QED) is 0.314. The summed E-state index contributed by atoms with van der Waals surface area (Å²) < 4.78 is 2.21. The highest BCUT2D eigenvalue weighted by molar-refractivity contribution is 14.0. The average molecular weight is 472 g/mol. The van der Waals surface area contributed by atoms with Gasteiger partial charge in [-0.15, -0.1) is 45.9 Å². The van der Waals surface area contributed by atoms with Gasteiger partial charge in [0.1, 0.15) is 5.82 Å². The SMILES string of the molecule is CN=C(NCc1nnc2n1CCC2)N(C)Cc1ccc(SC)cc1.I. The molecule has 0 saturated heterocycles. The number of aryl methyl sites for hydroxylation is 1. The Morgan fingerprint density at radius 3 is 2.76 bits per heavy atom. The van der Waals surface area contributed by atoms with Crippen LogP contribution in [0.3, 0.4) is 0 Å². The van der Waals surface area contributed by atoms with Gasteiger partial charge in [-0.25, -0.2) is 0 Å². The van der Waals surface area contributed by atoms with Crippen molar-refractivity contribution in [2.75, 3.05) is 20.4 Å². The van der Waals surface area contributed by atoms with E-state index in [1.165, 1.54) is 16.9 Å². The number of hydrogen-bond donors (Lipinski definition) is 1. The van der Waals surface area contributed by atoms with Crippen molar-refractivity contribution >= 4 is 41.7 Å². The predicted molar refractivity (Wildman–Crippen MR) is 114 cm³/mol. The van der Waals surface area contributed by atoms with Gasteiger partial charge in [0.15, 0.2) is 11.8 Å². The van der Waals surface area contributed by atoms with Gasteiger partial charge in [0, 0.05) is 38.5 Å². The van der Waals surface area contributed by atoms with Gasteiger partial charge in [-0.3, -0.25) is 4.99 Å². The van der Waals surface area contributed by atoms with Crippen LogP contribution in [0.5, 0.6) is 0 Å². The van der Waals surface area contributed by atoms with Crippen LogP contribution >= 0.6 is 35.7 Å². The summed E-state index contributed by atoms with van der Waals surface area (Å²) in [6, 6.07) is 8.65. The van der Waals surface area contributed by atoms with E-state index in [4.69, 9.17) is 0 Å². The summed E-state index contributed by atoms with van der Waals surface area (Å²) in [6.07, 6.45) is 4.29. The van der Waals surface area contributed by atoms with Crippen molar-refractivity contribution in [3.8, 4) is 0 Å². The van der Waals surface area contributed by atoms with Crippen LogP contribution in [0.2, 0.25) is 0 Å². The summed E-state index contributed by atoms with van der Waals surface area (Å²) in [5.74, 6) is 2.95. The molecule has 0 unspecified atom stereocenters. The molecule has 0 spiro atoms. The van der Waals surface area contributed by atoms with Gasteiger partial charge in [0.2, 0.25) is 0 Å². The third-order valence-corrected chi connectivity index (χ3v) is 4.99. The van der Waals surface area contributed by atoms with Crippen molar-refractivity contribution in [1.82, 2.24) is 25.0 Å². The number of rotatable bonds is 5. The lowest BCUT2D eigenvalue weighted by molar-refractivity contribution is 0.473. The first-order valence-electron chi connectivity index (χ1n) is 8.17. The number of nitrogens with zero attached hydrogens (tertiary/aromatic N) is 5. The van der Waals surface area contributed by atoms with Crippen molar-refractivity contribution in [3.63, 3.8) is 0 Å². The Bertz CT molecular complexity index is 712. The molecule has 0 radical (unpaired) electrons. The van der Waals surface area contributed by atoms with Crippen molar-refractivity contribution in [2.45, 2.75) is 37.4 Å². The van der Waals surface area contributed by atoms with E-state index in [-0.39, 0.29) is 24.0 Å². The fraction of sp³-hybridized carbons (Fsp3) is 0.471. The topological polar surface area (TPSA) is 58.3 Å². The maximum atomic E-state index is 4.38. The Kier molecular flexibility index (Phi) is 7.55. The highest BCUT2D eigenvalue weighted by atomic mass is 127. The van der Waals surface area contributed by atoms with Crippen molar-refractivity contribution in [1.29, 1.82) is 0 Å². The monoisotopic (exact) mass is 472 g/mol. The summed E-state index contributed by atoms with van der Waals surface area (Å²) in [7, 11) is 3.86. The van der Waals surface area contributed by atoms with Crippen LogP contribution in [0.1, 0.15) is 23.6 Å². The summed E-state index contributed by atoms with van der Waals surface area (Å²) in [5.41, 5.74) is 1.27. The third-order valence-electron chi connectivity index (χ3n) is 4.24. The Morgan fingerprint density at radius 1 is 1.32 bits per heavy atom. The molecule has 8 heteroatoms. The number of guanidine groups is 1. The zero-order chi connectivity index (χ0) is 16.9. The van der Waals surface area contributed by atoms with Crippen LogP contribution in [0, 0.1) is 0 Å². The Labute approximate surface area is 170 Å². The van der Waals surface area contributed by atoms with E-state index in [9.17, 15) is 0 Å². The summed E-state index contributed by atoms with van der Waals surface area (Å²) in [5, 5.41) is 11.9. The predicted octanol–water partition coefficient (Wildman–Crippen LogP) is 2.77. The van der Waals surface area contributed by atoms with Crippen molar-refractivity contribution in [2.24, 2.45) is 4.99 Å². The minimum absolute atomic E-state index is 0. The zero-order valence-electron chi connectivity index (χ0n) is 14.9. The maximum absolute atomic E-state index is 4.38. The summed E-state index contributed by atoms with van der Waals surface area (Å²) in [6.45, 7) is 2.48. The number of benzene rings is 1. The van der Waals surface area contributed by atoms with Crippen LogP contribution in [0.25, 0.3) is 0 Å². The molecule has 1 aliphatic heterocycles. The van der Waals surface area contributed by atoms with E-state index in [1.54, 1.807) is 11.8 Å². The van der Waals surface area contributed by atoms with Crippen LogP contribution < -0.4 is 5.32 Å². The minimum Gasteiger partial charge on any atom is -0.349 e. The fourth-order valence-corrected chi connectivity index (χ4v) is 3.37. The molecular formula is C17H25IN6S. The van der Waals surface area contributed by atoms with Gasteiger partial charge in [-0.05, 0) is 30.4 Å². The van der Waals surface area contributed by atoms with Gasteiger partial charge in [-0.1, -0.05) is 12.1 Å². The molecule has 2 aromatic rings. The van der Waals surface area contributed by atoms with E-state index in [0.29, 0.717) is 6.54 Å². The normalized spacial score (nSPS) is 13.3. The fourth-order valence-electron chi connectivity index (χ4n) is 2.96. The molecule has 136 valence electrons. The first-order chi connectivity index (χ1) is 11.7. The molecule has 0 atom stereocenters. The van der Waals surface area contributed by atoms with E-state index in [1.807, 2.05) is 14.1 Å². The Hall–Kier alpha value is -1.29. The lowest BCUT2D eigenvalue weighted by Gasteiger charge is -2.22. The molecule has 0 amide bonds. The molecule has 2 heterocycles. The van der Waals surface area contributed by atoms with Crippen LogP contribution in [-0.4, -0.2) is 46.0 Å². The van der Waals surface area contributed by atoms with Crippen molar-refractivity contribution < 1.29 is 0 Å². The third kappa shape index (κ3) is 4.87. The molecule has 1 aromatic carbocycles. The summed E-state index contributed by atoms with van der Waals surface area (Å²) >= 11 is 1.76. The number of nitrogens with one attached hydrogen (secondary N) is 1. The molecule has 0 saturated carbocycles. The van der Waals surface area contributed by atoms with Gasteiger partial charge >= 0.3 is 0 Å². The molecule has 0 fully saturated rings. The Morgan fingerprint density at radius 2 is 2.08 bits per heavy atom. The molecule has 1 aliphatic rings. The van der Waals surface area contributed by atoms with Gasteiger partial charge in [-0.2, -0.15) is 0 Å². The van der Waals surface area contributed by atoms with Gasteiger partial charge < -0.3 is 14.8 Å². The van der Waals surface area contributed by atoms with Crippen LogP contribution in [0.15, 0.2) is 34.2 Å². The lowest BCUT2D eigenvalue weighted by atomic mass is 10.2. The van der Waals surface area contributed by atoms with Gasteiger partial charge in [0.05, 0.1) is 6.54 Å². The number of aliphatic imine (C=N–C) groups is 1. The molecule has 0 aliphatic carbocycles. The zero-order valence-corrected chi connectivity index (χ0v) is 18.0. The van der Waals surface area contributed by atoms with Crippen LogP contribution in [-0.2, 0) is 26.1 Å². The molecule has 3 rings (SSSR count). The van der Waals surface area contributed by atoms with Crippen molar-refractivity contribution in [3.05, 3.63) is 41.5 Å². The lowest BCUT2D eigenvalue weighted by Crippen LogP contribution is -2.38. The molecule has 0 bridgehead atoms. The highest BCUT2D eigenvalue weighted by Gasteiger charge is 2.17. The van der Waals surface area contributed by atoms with E-state index in [0.717, 1.165) is 37.1 Å². The molecule has 6 nitrogen and oxygen atoms in total. The molecule has 1 aromatic heterocycles. The first-order valence-corrected chi connectivity index (χ1v) is 9.39. The minimum atomic E-state index is 0. The molecule has 25 heavy (non-hydrogen) atoms. The number of hydrogen-bond acceptors (Lipinski definition) is 4. The maximum Gasteiger partial charge on any atom is 0.194 e. The molecule has 1 N–H and O–H groups in total. The van der Waals surface area contributed by atoms with E-state index >= 15 is 0 Å². The van der Waals surface area contributed by atoms with E-state index in [2.05, 4.69) is 60.5 Å². The second kappa shape index (κ2) is 9.42. The average Bonchev–Trinajstić information content (AvgIpc) is 3.20. The smallest absolute Gasteiger partial charge is 0.194 e. The van der Waals surface area contributed by atoms with E-state index < -0.39 is 0 Å². The van der Waals surface area contributed by atoms with Crippen LogP contribution in [0.4, 0.5) is 0 Å². The largest absolute Gasteiger partial charge is 0.349 e. The highest BCUT2D eigenvalue weighted by Crippen LogP contribution is 2.16. The second-order valence-corrected chi connectivity index (χ2v) is 6.77. The molecular weight excluding hydrogens is 447 g/mol. The summed E-state index contributed by atoms with van der Waals surface area (Å²) in [4.78, 5) is 7.78. The van der Waals surface area contributed by atoms with Gasteiger partial charge in [0.25, 0.3) is 0 Å². The number of thioether (sulfide) groups is 1. The number of fused-ring (bicyclic) bond motifs is 1. The second-order valence-electron chi connectivity index (χ2n) is 5.89.